The molecule has 5 heteroatoms. The van der Waals surface area contributed by atoms with Crippen LogP contribution in [-0.4, -0.2) is 30.6 Å². The summed E-state index contributed by atoms with van der Waals surface area (Å²) in [6.45, 7) is 0.552. The van der Waals surface area contributed by atoms with Gasteiger partial charge >= 0.3 is 6.03 Å². The first-order valence-electron chi connectivity index (χ1n) is 6.58. The largest absolute Gasteiger partial charge is 0.354 e. The van der Waals surface area contributed by atoms with Gasteiger partial charge in [-0.15, -0.1) is 0 Å². The maximum absolute atomic E-state index is 11.7. The molecule has 1 unspecified atom stereocenters. The Hall–Kier alpha value is -1.26. The summed E-state index contributed by atoms with van der Waals surface area (Å²) >= 11 is 0. The summed E-state index contributed by atoms with van der Waals surface area (Å²) in [7, 11) is 0. The maximum Gasteiger partial charge on any atom is 0.315 e. The Balaban J connectivity index is 1.67. The second-order valence-corrected chi connectivity index (χ2v) is 4.99. The van der Waals surface area contributed by atoms with Gasteiger partial charge in [-0.1, -0.05) is 19.3 Å². The van der Waals surface area contributed by atoms with Gasteiger partial charge in [-0.3, -0.25) is 4.79 Å². The van der Waals surface area contributed by atoms with E-state index in [9.17, 15) is 9.59 Å². The monoisotopic (exact) mass is 239 g/mol. The van der Waals surface area contributed by atoms with Gasteiger partial charge in [0.05, 0.1) is 0 Å². The highest BCUT2D eigenvalue weighted by Gasteiger charge is 2.21. The van der Waals surface area contributed by atoms with Crippen LogP contribution in [-0.2, 0) is 4.79 Å². The van der Waals surface area contributed by atoms with E-state index in [2.05, 4.69) is 16.0 Å². The highest BCUT2D eigenvalue weighted by molar-refractivity contribution is 5.78. The minimum Gasteiger partial charge on any atom is -0.354 e. The van der Waals surface area contributed by atoms with E-state index < -0.39 is 0 Å². The predicted molar refractivity (Wildman–Crippen MR) is 64.6 cm³/mol. The highest BCUT2D eigenvalue weighted by Crippen LogP contribution is 2.17. The van der Waals surface area contributed by atoms with Crippen molar-refractivity contribution in [1.29, 1.82) is 0 Å². The van der Waals surface area contributed by atoms with E-state index in [-0.39, 0.29) is 18.0 Å². The van der Waals surface area contributed by atoms with Crippen molar-refractivity contribution >= 4 is 11.9 Å². The molecule has 0 aromatic rings. The topological polar surface area (TPSA) is 70.2 Å². The van der Waals surface area contributed by atoms with E-state index >= 15 is 0 Å². The molecule has 1 atom stereocenters. The Bertz CT molecular complexity index is 277. The van der Waals surface area contributed by atoms with Crippen molar-refractivity contribution in [2.75, 3.05) is 6.54 Å². The second-order valence-electron chi connectivity index (χ2n) is 4.99. The molecule has 3 N–H and O–H groups in total. The minimum absolute atomic E-state index is 0.0794. The molecule has 1 heterocycles. The molecule has 5 nitrogen and oxygen atoms in total. The normalized spacial score (nSPS) is 26.1. The summed E-state index contributed by atoms with van der Waals surface area (Å²) in [5, 5.41) is 8.70. The molecule has 3 amide bonds. The zero-order chi connectivity index (χ0) is 12.1. The van der Waals surface area contributed by atoms with Crippen molar-refractivity contribution in [3.63, 3.8) is 0 Å². The molecule has 1 saturated heterocycles. The number of nitrogens with one attached hydrogen (secondary N) is 3. The van der Waals surface area contributed by atoms with Gasteiger partial charge in [0.25, 0.3) is 0 Å². The lowest BCUT2D eigenvalue weighted by atomic mass is 9.96. The fourth-order valence-electron chi connectivity index (χ4n) is 2.52. The van der Waals surface area contributed by atoms with Gasteiger partial charge in [-0.2, -0.15) is 0 Å². The Kier molecular flexibility index (Phi) is 4.23. The van der Waals surface area contributed by atoms with Crippen molar-refractivity contribution in [2.45, 2.75) is 57.0 Å². The lowest BCUT2D eigenvalue weighted by Crippen LogP contribution is -2.52. The number of amides is 3. The molecule has 2 aliphatic rings. The number of carbonyl (C=O) groups is 2. The van der Waals surface area contributed by atoms with Crippen LogP contribution < -0.4 is 16.0 Å². The van der Waals surface area contributed by atoms with Gasteiger partial charge in [0, 0.05) is 25.0 Å². The molecular formula is C12H21N3O2. The van der Waals surface area contributed by atoms with Gasteiger partial charge in [0.1, 0.15) is 0 Å². The summed E-state index contributed by atoms with van der Waals surface area (Å²) in [5.41, 5.74) is 0. The lowest BCUT2D eigenvalue weighted by Gasteiger charge is -2.27. The number of carbonyl (C=O) groups excluding carboxylic acids is 2. The van der Waals surface area contributed by atoms with E-state index in [1.807, 2.05) is 0 Å². The van der Waals surface area contributed by atoms with Crippen molar-refractivity contribution in [3.8, 4) is 0 Å². The molecule has 96 valence electrons. The van der Waals surface area contributed by atoms with Gasteiger partial charge in [0.2, 0.25) is 5.91 Å². The molecular weight excluding hydrogens is 218 g/mol. The lowest BCUT2D eigenvalue weighted by molar-refractivity contribution is -0.122. The third-order valence-corrected chi connectivity index (χ3v) is 3.54. The Morgan fingerprint density at radius 1 is 1.06 bits per heavy atom. The summed E-state index contributed by atoms with van der Waals surface area (Å²) in [5.74, 6) is 0.0794. The minimum atomic E-state index is -0.0851. The summed E-state index contributed by atoms with van der Waals surface area (Å²) in [6, 6.07) is 0.330. The molecule has 0 spiro atoms. The van der Waals surface area contributed by atoms with Crippen molar-refractivity contribution in [3.05, 3.63) is 0 Å². The third-order valence-electron chi connectivity index (χ3n) is 3.54. The molecule has 0 aromatic carbocycles. The zero-order valence-electron chi connectivity index (χ0n) is 10.1. The molecule has 0 aromatic heterocycles. The summed E-state index contributed by atoms with van der Waals surface area (Å²) < 4.78 is 0. The van der Waals surface area contributed by atoms with Crippen molar-refractivity contribution < 1.29 is 9.59 Å². The van der Waals surface area contributed by atoms with Crippen LogP contribution in [0.5, 0.6) is 0 Å². The van der Waals surface area contributed by atoms with E-state index in [4.69, 9.17) is 0 Å². The van der Waals surface area contributed by atoms with E-state index in [1.165, 1.54) is 19.3 Å². The van der Waals surface area contributed by atoms with Crippen LogP contribution >= 0.6 is 0 Å². The van der Waals surface area contributed by atoms with Crippen molar-refractivity contribution in [2.24, 2.45) is 0 Å². The molecule has 1 aliphatic heterocycles. The third kappa shape index (κ3) is 3.91. The maximum atomic E-state index is 11.7. The second kappa shape index (κ2) is 5.89. The molecule has 0 radical (unpaired) electrons. The molecule has 2 fully saturated rings. The molecule has 2 rings (SSSR count). The number of hydrogen-bond acceptors (Lipinski definition) is 2. The quantitative estimate of drug-likeness (QED) is 0.670. The SMILES string of the molecule is O=C1CCC(NC(=O)NC2CCCCC2)CN1. The number of piperidine rings is 1. The van der Waals surface area contributed by atoms with Gasteiger partial charge in [0.15, 0.2) is 0 Å². The molecule has 17 heavy (non-hydrogen) atoms. The van der Waals surface area contributed by atoms with Gasteiger partial charge in [-0.05, 0) is 19.3 Å². The molecule has 0 bridgehead atoms. The first-order valence-corrected chi connectivity index (χ1v) is 6.58. The van der Waals surface area contributed by atoms with Gasteiger partial charge < -0.3 is 16.0 Å². The van der Waals surface area contributed by atoms with Crippen LogP contribution in [0.3, 0.4) is 0 Å². The van der Waals surface area contributed by atoms with E-state index in [0.29, 0.717) is 19.0 Å². The molecule has 1 aliphatic carbocycles. The average Bonchev–Trinajstić information content (AvgIpc) is 2.33. The Morgan fingerprint density at radius 3 is 2.41 bits per heavy atom. The van der Waals surface area contributed by atoms with Crippen LogP contribution in [0.25, 0.3) is 0 Å². The summed E-state index contributed by atoms with van der Waals surface area (Å²) in [6.07, 6.45) is 7.14. The van der Waals surface area contributed by atoms with E-state index in [0.717, 1.165) is 19.3 Å². The van der Waals surface area contributed by atoms with Crippen LogP contribution in [0.2, 0.25) is 0 Å². The number of rotatable bonds is 2. The van der Waals surface area contributed by atoms with E-state index in [1.54, 1.807) is 0 Å². The van der Waals surface area contributed by atoms with Crippen LogP contribution in [0.1, 0.15) is 44.9 Å². The smallest absolute Gasteiger partial charge is 0.315 e. The summed E-state index contributed by atoms with van der Waals surface area (Å²) in [4.78, 5) is 22.7. The molecule has 1 saturated carbocycles. The average molecular weight is 239 g/mol. The number of hydrogen-bond donors (Lipinski definition) is 3. The fraction of sp³-hybridized carbons (Fsp3) is 0.833. The Morgan fingerprint density at radius 2 is 1.76 bits per heavy atom. The predicted octanol–water partition coefficient (Wildman–Crippen LogP) is 0.897. The van der Waals surface area contributed by atoms with Crippen LogP contribution in [0.15, 0.2) is 0 Å². The van der Waals surface area contributed by atoms with Crippen molar-refractivity contribution in [1.82, 2.24) is 16.0 Å². The standard InChI is InChI=1S/C12H21N3O2/c16-11-7-6-10(8-13-11)15-12(17)14-9-4-2-1-3-5-9/h9-10H,1-8H2,(H,13,16)(H2,14,15,17). The fourth-order valence-corrected chi connectivity index (χ4v) is 2.52. The zero-order valence-corrected chi connectivity index (χ0v) is 10.1. The Labute approximate surface area is 102 Å². The number of urea groups is 1. The van der Waals surface area contributed by atoms with Gasteiger partial charge in [-0.25, -0.2) is 4.79 Å². The van der Waals surface area contributed by atoms with Crippen LogP contribution in [0, 0.1) is 0 Å². The first-order chi connectivity index (χ1) is 8.24. The van der Waals surface area contributed by atoms with Crippen LogP contribution in [0.4, 0.5) is 4.79 Å². The highest BCUT2D eigenvalue weighted by atomic mass is 16.2. The first kappa shape index (κ1) is 12.2.